The first kappa shape index (κ1) is 7.41. The molecular formula is C7H9NOS. The van der Waals surface area contributed by atoms with Gasteiger partial charge in [0.15, 0.2) is 0 Å². The maximum absolute atomic E-state index is 11.0. The second-order valence-corrected chi connectivity index (χ2v) is 2.77. The van der Waals surface area contributed by atoms with Gasteiger partial charge in [0.25, 0.3) is 5.56 Å². The lowest BCUT2D eigenvalue weighted by atomic mass is 10.2. The zero-order valence-corrected chi connectivity index (χ0v) is 6.83. The number of aromatic amines is 1. The quantitative estimate of drug-likeness (QED) is 0.543. The van der Waals surface area contributed by atoms with Crippen LogP contribution in [0.5, 0.6) is 0 Å². The average Bonchev–Trinajstić information content (AvgIpc) is 1.82. The van der Waals surface area contributed by atoms with Gasteiger partial charge in [-0.1, -0.05) is 0 Å². The number of hydrogen-bond donors (Lipinski definition) is 2. The van der Waals surface area contributed by atoms with Gasteiger partial charge < -0.3 is 4.98 Å². The molecule has 0 aliphatic rings. The van der Waals surface area contributed by atoms with E-state index in [1.165, 1.54) is 0 Å². The predicted octanol–water partition coefficient (Wildman–Crippen LogP) is 1.28. The van der Waals surface area contributed by atoms with Crippen molar-refractivity contribution in [1.29, 1.82) is 0 Å². The second kappa shape index (κ2) is 2.50. The molecule has 0 spiro atoms. The SMILES string of the molecule is Cc1cc(S)[nH]c(=O)c1C. The Balaban J connectivity index is 3.46. The molecule has 0 unspecified atom stereocenters. The molecule has 0 aliphatic heterocycles. The van der Waals surface area contributed by atoms with Crippen LogP contribution in [0.15, 0.2) is 15.9 Å². The lowest BCUT2D eigenvalue weighted by molar-refractivity contribution is 1.03. The Hall–Kier alpha value is -0.700. The molecular weight excluding hydrogens is 146 g/mol. The van der Waals surface area contributed by atoms with E-state index in [2.05, 4.69) is 17.6 Å². The van der Waals surface area contributed by atoms with E-state index in [0.29, 0.717) is 5.03 Å². The highest BCUT2D eigenvalue weighted by molar-refractivity contribution is 7.80. The van der Waals surface area contributed by atoms with E-state index < -0.39 is 0 Å². The highest BCUT2D eigenvalue weighted by atomic mass is 32.1. The maximum atomic E-state index is 11.0. The Labute approximate surface area is 64.7 Å². The maximum Gasteiger partial charge on any atom is 0.251 e. The summed E-state index contributed by atoms with van der Waals surface area (Å²) in [5, 5.41) is 0.619. The first-order valence-electron chi connectivity index (χ1n) is 3.01. The van der Waals surface area contributed by atoms with Crippen molar-refractivity contribution in [2.24, 2.45) is 0 Å². The van der Waals surface area contributed by atoms with E-state index in [-0.39, 0.29) is 5.56 Å². The molecule has 1 aromatic heterocycles. The van der Waals surface area contributed by atoms with Crippen LogP contribution in [0.3, 0.4) is 0 Å². The van der Waals surface area contributed by atoms with Crippen LogP contribution in [0.4, 0.5) is 0 Å². The fraction of sp³-hybridized carbons (Fsp3) is 0.286. The minimum atomic E-state index is -0.0509. The highest BCUT2D eigenvalue weighted by Gasteiger charge is 1.97. The second-order valence-electron chi connectivity index (χ2n) is 2.29. The fourth-order valence-electron chi connectivity index (χ4n) is 0.739. The van der Waals surface area contributed by atoms with Crippen LogP contribution < -0.4 is 5.56 Å². The lowest BCUT2D eigenvalue weighted by Gasteiger charge is -1.97. The summed E-state index contributed by atoms with van der Waals surface area (Å²) in [6, 6.07) is 1.83. The van der Waals surface area contributed by atoms with E-state index in [9.17, 15) is 4.79 Å². The van der Waals surface area contributed by atoms with Crippen molar-refractivity contribution in [3.8, 4) is 0 Å². The van der Waals surface area contributed by atoms with Crippen molar-refractivity contribution in [3.05, 3.63) is 27.5 Å². The molecule has 10 heavy (non-hydrogen) atoms. The van der Waals surface area contributed by atoms with Gasteiger partial charge in [-0.25, -0.2) is 0 Å². The normalized spacial score (nSPS) is 9.90. The summed E-state index contributed by atoms with van der Waals surface area (Å²) in [5.74, 6) is 0. The number of hydrogen-bond acceptors (Lipinski definition) is 2. The van der Waals surface area contributed by atoms with Crippen molar-refractivity contribution in [2.75, 3.05) is 0 Å². The molecule has 0 aliphatic carbocycles. The summed E-state index contributed by atoms with van der Waals surface area (Å²) in [6.45, 7) is 3.69. The van der Waals surface area contributed by atoms with Crippen molar-refractivity contribution < 1.29 is 0 Å². The topological polar surface area (TPSA) is 32.9 Å². The number of thiol groups is 1. The molecule has 0 saturated carbocycles. The average molecular weight is 155 g/mol. The minimum absolute atomic E-state index is 0.0509. The zero-order chi connectivity index (χ0) is 7.72. The molecule has 2 nitrogen and oxygen atoms in total. The third kappa shape index (κ3) is 1.24. The first-order chi connectivity index (χ1) is 4.61. The number of pyridine rings is 1. The fourth-order valence-corrected chi connectivity index (χ4v) is 1.03. The Kier molecular flexibility index (Phi) is 1.85. The van der Waals surface area contributed by atoms with Gasteiger partial charge in [0, 0.05) is 5.56 Å². The van der Waals surface area contributed by atoms with Gasteiger partial charge in [-0.2, -0.15) is 0 Å². The third-order valence-electron chi connectivity index (χ3n) is 1.53. The predicted molar refractivity (Wildman–Crippen MR) is 43.8 cm³/mol. The van der Waals surface area contributed by atoms with Crippen LogP contribution in [0.1, 0.15) is 11.1 Å². The molecule has 0 aromatic carbocycles. The largest absolute Gasteiger partial charge is 0.317 e. The van der Waals surface area contributed by atoms with Gasteiger partial charge in [0.1, 0.15) is 0 Å². The number of rotatable bonds is 0. The molecule has 54 valence electrons. The lowest BCUT2D eigenvalue weighted by Crippen LogP contribution is -2.10. The summed E-state index contributed by atoms with van der Waals surface area (Å²) in [4.78, 5) is 13.5. The number of aryl methyl sites for hydroxylation is 1. The molecule has 0 saturated heterocycles. The van der Waals surface area contributed by atoms with E-state index in [1.54, 1.807) is 6.92 Å². The molecule has 1 N–H and O–H groups in total. The van der Waals surface area contributed by atoms with Gasteiger partial charge in [0.05, 0.1) is 5.03 Å². The summed E-state index contributed by atoms with van der Waals surface area (Å²) < 4.78 is 0. The first-order valence-corrected chi connectivity index (χ1v) is 3.45. The highest BCUT2D eigenvalue weighted by Crippen LogP contribution is 2.04. The summed E-state index contributed by atoms with van der Waals surface area (Å²) in [5.41, 5.74) is 1.69. The number of H-pyrrole nitrogens is 1. The van der Waals surface area contributed by atoms with Crippen LogP contribution >= 0.6 is 12.6 Å². The molecule has 0 atom stereocenters. The summed E-state index contributed by atoms with van der Waals surface area (Å²) in [6.07, 6.45) is 0. The van der Waals surface area contributed by atoms with Crippen LogP contribution in [0, 0.1) is 13.8 Å². The van der Waals surface area contributed by atoms with Crippen molar-refractivity contribution >= 4 is 12.6 Å². The van der Waals surface area contributed by atoms with Crippen molar-refractivity contribution in [2.45, 2.75) is 18.9 Å². The van der Waals surface area contributed by atoms with Crippen LogP contribution in [0.2, 0.25) is 0 Å². The van der Waals surface area contributed by atoms with E-state index in [4.69, 9.17) is 0 Å². The molecule has 0 radical (unpaired) electrons. The van der Waals surface area contributed by atoms with Crippen molar-refractivity contribution in [1.82, 2.24) is 4.98 Å². The van der Waals surface area contributed by atoms with Crippen LogP contribution in [-0.4, -0.2) is 4.98 Å². The molecule has 3 heteroatoms. The van der Waals surface area contributed by atoms with Gasteiger partial charge in [0.2, 0.25) is 0 Å². The summed E-state index contributed by atoms with van der Waals surface area (Å²) in [7, 11) is 0. The number of nitrogens with one attached hydrogen (secondary N) is 1. The molecule has 1 rings (SSSR count). The molecule has 0 amide bonds. The number of aromatic nitrogens is 1. The molecule has 0 bridgehead atoms. The Bertz CT molecular complexity index is 303. The van der Waals surface area contributed by atoms with Crippen LogP contribution in [-0.2, 0) is 0 Å². The Morgan fingerprint density at radius 3 is 2.60 bits per heavy atom. The van der Waals surface area contributed by atoms with E-state index in [0.717, 1.165) is 11.1 Å². The van der Waals surface area contributed by atoms with E-state index in [1.807, 2.05) is 13.0 Å². The van der Waals surface area contributed by atoms with Crippen molar-refractivity contribution in [3.63, 3.8) is 0 Å². The van der Waals surface area contributed by atoms with E-state index >= 15 is 0 Å². The molecule has 1 aromatic rings. The Morgan fingerprint density at radius 2 is 2.10 bits per heavy atom. The van der Waals surface area contributed by atoms with Crippen LogP contribution in [0.25, 0.3) is 0 Å². The minimum Gasteiger partial charge on any atom is -0.317 e. The summed E-state index contributed by atoms with van der Waals surface area (Å²) >= 11 is 4.02. The third-order valence-corrected chi connectivity index (χ3v) is 1.77. The standard InChI is InChI=1S/C7H9NOS/c1-4-3-6(10)8-7(9)5(4)2/h3H,1-2H3,(H2,8,9,10). The monoisotopic (exact) mass is 155 g/mol. The zero-order valence-electron chi connectivity index (χ0n) is 5.93. The molecule has 1 heterocycles. The van der Waals surface area contributed by atoms with Gasteiger partial charge in [-0.3, -0.25) is 4.79 Å². The van der Waals surface area contributed by atoms with Gasteiger partial charge >= 0.3 is 0 Å². The Morgan fingerprint density at radius 1 is 1.50 bits per heavy atom. The molecule has 0 fully saturated rings. The van der Waals surface area contributed by atoms with Gasteiger partial charge in [-0.15, -0.1) is 12.6 Å². The van der Waals surface area contributed by atoms with Gasteiger partial charge in [-0.05, 0) is 25.5 Å². The smallest absolute Gasteiger partial charge is 0.251 e.